The molecule has 5 aliphatic carbocycles. The summed E-state index contributed by atoms with van der Waals surface area (Å²) in [5, 5.41) is 9.14. The van der Waals surface area contributed by atoms with Crippen LogP contribution in [0.3, 0.4) is 0 Å². The summed E-state index contributed by atoms with van der Waals surface area (Å²) in [6.07, 6.45) is 17.5. The van der Waals surface area contributed by atoms with Crippen molar-refractivity contribution in [1.82, 2.24) is 0 Å². The molecule has 5 aliphatic rings. The molecule has 30 heavy (non-hydrogen) atoms. The zero-order valence-corrected chi connectivity index (χ0v) is 20.5. The van der Waals surface area contributed by atoms with Crippen LogP contribution < -0.4 is 0 Å². The first kappa shape index (κ1) is 22.7. The van der Waals surface area contributed by atoms with Gasteiger partial charge in [0.25, 0.3) is 0 Å². The first-order chi connectivity index (χ1) is 14.3. The molecule has 0 aliphatic heterocycles. The average Bonchev–Trinajstić information content (AvgIpc) is 3.39. The molecule has 0 saturated heterocycles. The molecule has 172 valence electrons. The third kappa shape index (κ3) is 3.57. The van der Waals surface area contributed by atoms with Crippen molar-refractivity contribution >= 4 is 5.97 Å². The maximum absolute atomic E-state index is 11.1. The minimum Gasteiger partial charge on any atom is -0.481 e. The van der Waals surface area contributed by atoms with Gasteiger partial charge < -0.3 is 5.11 Å². The summed E-state index contributed by atoms with van der Waals surface area (Å²) in [5.74, 6) is 4.58. The molecule has 8 atom stereocenters. The maximum Gasteiger partial charge on any atom is 0.303 e. The summed E-state index contributed by atoms with van der Waals surface area (Å²) in [5.41, 5.74) is 1.91. The van der Waals surface area contributed by atoms with Crippen molar-refractivity contribution in [2.75, 3.05) is 0 Å². The van der Waals surface area contributed by atoms with E-state index >= 15 is 0 Å². The van der Waals surface area contributed by atoms with Crippen LogP contribution in [0.15, 0.2) is 0 Å². The summed E-state index contributed by atoms with van der Waals surface area (Å²) in [7, 11) is 0. The number of fused-ring (bicyclic) bond motifs is 5. The van der Waals surface area contributed by atoms with E-state index in [-0.39, 0.29) is 0 Å². The fraction of sp³-hybridized carbons (Fsp3) is 0.964. The number of carboxylic acid groups (broad SMARTS) is 1. The molecule has 0 radical (unpaired) electrons. The Kier molecular flexibility index (Phi) is 6.12. The molecule has 5 fully saturated rings. The average molecular weight is 417 g/mol. The van der Waals surface area contributed by atoms with Crippen molar-refractivity contribution in [3.05, 3.63) is 0 Å². The molecule has 0 aromatic rings. The Hall–Kier alpha value is -0.530. The molecule has 0 heterocycles. The van der Waals surface area contributed by atoms with Gasteiger partial charge in [-0.2, -0.15) is 0 Å². The van der Waals surface area contributed by atoms with E-state index in [0.717, 1.165) is 41.4 Å². The van der Waals surface area contributed by atoms with Crippen molar-refractivity contribution < 1.29 is 9.90 Å². The Bertz CT molecular complexity index is 637. The highest BCUT2D eigenvalue weighted by Gasteiger charge is 2.62. The van der Waals surface area contributed by atoms with Crippen molar-refractivity contribution in [2.24, 2.45) is 51.8 Å². The summed E-state index contributed by atoms with van der Waals surface area (Å²) in [6, 6.07) is 0. The molecule has 2 nitrogen and oxygen atoms in total. The van der Waals surface area contributed by atoms with Gasteiger partial charge in [-0.3, -0.25) is 4.79 Å². The second kappa shape index (κ2) is 8.11. The lowest BCUT2D eigenvalue weighted by molar-refractivity contribution is -0.138. The van der Waals surface area contributed by atoms with Gasteiger partial charge in [-0.25, -0.2) is 0 Å². The zero-order valence-electron chi connectivity index (χ0n) is 20.5. The Morgan fingerprint density at radius 2 is 1.57 bits per heavy atom. The molecule has 0 aromatic heterocycles. The first-order valence-corrected chi connectivity index (χ1v) is 13.5. The smallest absolute Gasteiger partial charge is 0.303 e. The topological polar surface area (TPSA) is 37.3 Å². The van der Waals surface area contributed by atoms with Crippen LogP contribution in [0.1, 0.15) is 118 Å². The lowest BCUT2D eigenvalue weighted by Gasteiger charge is -2.61. The first-order valence-electron chi connectivity index (χ1n) is 13.5. The second-order valence-electron chi connectivity index (χ2n) is 12.5. The van der Waals surface area contributed by atoms with Gasteiger partial charge in [0, 0.05) is 6.42 Å². The summed E-state index contributed by atoms with van der Waals surface area (Å²) < 4.78 is 0. The van der Waals surface area contributed by atoms with E-state index in [1.807, 2.05) is 13.8 Å². The molecule has 5 saturated carbocycles. The van der Waals surface area contributed by atoms with Crippen LogP contribution in [0.5, 0.6) is 0 Å². The highest BCUT2D eigenvalue weighted by molar-refractivity contribution is 5.66. The SMILES string of the molecule is CC.CC(CCC(=O)O)C1CCC2C3CCC4CC5(CC5)CCC4(C)C3CCC12C. The standard InChI is InChI=1S/C26H42O2.C2H6/c1-17(4-9-23(27)28)20-7-8-21-19-6-5-18-16-26(14-15-26)13-12-24(18,2)22(19)10-11-25(20,21)3;1-2/h17-22H,4-16H2,1-3H3,(H,27,28);1-2H3. The molecular formula is C28H48O2. The summed E-state index contributed by atoms with van der Waals surface area (Å²) in [4.78, 5) is 11.1. The van der Waals surface area contributed by atoms with Crippen LogP contribution >= 0.6 is 0 Å². The number of carbonyl (C=O) groups is 1. The van der Waals surface area contributed by atoms with Crippen LogP contribution in [0.2, 0.25) is 0 Å². The lowest BCUT2D eigenvalue weighted by atomic mass is 9.43. The highest BCUT2D eigenvalue weighted by atomic mass is 16.4. The molecule has 5 rings (SSSR count). The predicted octanol–water partition coefficient (Wildman–Crippen LogP) is 7.95. The molecule has 1 spiro atoms. The minimum absolute atomic E-state index is 0.353. The van der Waals surface area contributed by atoms with Gasteiger partial charge in [-0.05, 0) is 129 Å². The van der Waals surface area contributed by atoms with Crippen LogP contribution in [-0.4, -0.2) is 11.1 Å². The van der Waals surface area contributed by atoms with Crippen LogP contribution in [0.25, 0.3) is 0 Å². The molecule has 1 N–H and O–H groups in total. The van der Waals surface area contributed by atoms with E-state index in [4.69, 9.17) is 5.11 Å². The Labute approximate surface area is 186 Å². The fourth-order valence-electron chi connectivity index (χ4n) is 9.58. The Balaban J connectivity index is 0.00000106. The van der Waals surface area contributed by atoms with Gasteiger partial charge in [0.2, 0.25) is 0 Å². The van der Waals surface area contributed by atoms with Crippen LogP contribution in [-0.2, 0) is 4.79 Å². The Morgan fingerprint density at radius 1 is 0.900 bits per heavy atom. The monoisotopic (exact) mass is 416 g/mol. The van der Waals surface area contributed by atoms with Crippen molar-refractivity contribution in [2.45, 2.75) is 118 Å². The van der Waals surface area contributed by atoms with Crippen LogP contribution in [0.4, 0.5) is 0 Å². The van der Waals surface area contributed by atoms with Crippen LogP contribution in [0, 0.1) is 51.8 Å². The largest absolute Gasteiger partial charge is 0.481 e. The van der Waals surface area contributed by atoms with Crippen molar-refractivity contribution in [3.63, 3.8) is 0 Å². The van der Waals surface area contributed by atoms with E-state index in [1.54, 1.807) is 6.42 Å². The second-order valence-corrected chi connectivity index (χ2v) is 12.5. The van der Waals surface area contributed by atoms with Gasteiger partial charge in [-0.1, -0.05) is 34.6 Å². The van der Waals surface area contributed by atoms with Crippen molar-refractivity contribution in [1.29, 1.82) is 0 Å². The summed E-state index contributed by atoms with van der Waals surface area (Å²) >= 11 is 0. The highest BCUT2D eigenvalue weighted by Crippen LogP contribution is 2.71. The number of hydrogen-bond acceptors (Lipinski definition) is 1. The number of aliphatic carboxylic acids is 1. The quantitative estimate of drug-likeness (QED) is 0.505. The van der Waals surface area contributed by atoms with Gasteiger partial charge in [0.15, 0.2) is 0 Å². The number of hydrogen-bond donors (Lipinski definition) is 1. The van der Waals surface area contributed by atoms with Gasteiger partial charge in [0.1, 0.15) is 0 Å². The predicted molar refractivity (Wildman–Crippen MR) is 124 cm³/mol. The summed E-state index contributed by atoms with van der Waals surface area (Å²) in [6.45, 7) is 11.7. The molecule has 8 unspecified atom stereocenters. The van der Waals surface area contributed by atoms with Crippen molar-refractivity contribution in [3.8, 4) is 0 Å². The van der Waals surface area contributed by atoms with Gasteiger partial charge in [-0.15, -0.1) is 0 Å². The lowest BCUT2D eigenvalue weighted by Crippen LogP contribution is -2.54. The minimum atomic E-state index is -0.618. The fourth-order valence-corrected chi connectivity index (χ4v) is 9.58. The zero-order chi connectivity index (χ0) is 21.7. The molecule has 0 bridgehead atoms. The van der Waals surface area contributed by atoms with E-state index in [0.29, 0.717) is 23.2 Å². The van der Waals surface area contributed by atoms with E-state index in [9.17, 15) is 4.79 Å². The molecular weight excluding hydrogens is 368 g/mol. The normalized spacial score (nSPS) is 46.6. The maximum atomic E-state index is 11.1. The van der Waals surface area contributed by atoms with E-state index in [1.165, 1.54) is 64.2 Å². The van der Waals surface area contributed by atoms with E-state index < -0.39 is 5.97 Å². The van der Waals surface area contributed by atoms with Gasteiger partial charge in [0.05, 0.1) is 0 Å². The number of rotatable bonds is 4. The van der Waals surface area contributed by atoms with E-state index in [2.05, 4.69) is 20.8 Å². The molecule has 0 amide bonds. The van der Waals surface area contributed by atoms with Gasteiger partial charge >= 0.3 is 5.97 Å². The Morgan fingerprint density at radius 3 is 2.23 bits per heavy atom. The molecule has 0 aromatic carbocycles. The molecule has 2 heteroatoms. The number of carboxylic acids is 1. The third-order valence-electron chi connectivity index (χ3n) is 11.5. The third-order valence-corrected chi connectivity index (χ3v) is 11.5.